The minimum absolute atomic E-state index is 0.0132. The van der Waals surface area contributed by atoms with Gasteiger partial charge in [0.1, 0.15) is 5.75 Å². The number of aromatic nitrogens is 2. The van der Waals surface area contributed by atoms with Gasteiger partial charge in [0.15, 0.2) is 0 Å². The van der Waals surface area contributed by atoms with E-state index in [0.717, 1.165) is 11.6 Å². The molecule has 2 aromatic carbocycles. The highest BCUT2D eigenvalue weighted by Crippen LogP contribution is 2.22. The molecule has 1 N–H and O–H groups in total. The van der Waals surface area contributed by atoms with Gasteiger partial charge in [0.2, 0.25) is 11.7 Å². The lowest BCUT2D eigenvalue weighted by molar-refractivity contribution is -0.384. The maximum absolute atomic E-state index is 12.2. The first-order valence-corrected chi connectivity index (χ1v) is 8.05. The van der Waals surface area contributed by atoms with Crippen molar-refractivity contribution in [1.29, 1.82) is 0 Å². The molecule has 0 atom stereocenters. The summed E-state index contributed by atoms with van der Waals surface area (Å²) < 4.78 is 10.2. The molecular weight excluding hydrogens is 376 g/mol. The SMILES string of the molecule is COc1ccc(-c2noc(CNC(=O)c3cc([N+](=O)[O-])ccc3Cl)n2)cc1. The zero-order chi connectivity index (χ0) is 19.4. The number of non-ortho nitro benzene ring substituents is 1. The van der Waals surface area contributed by atoms with Crippen molar-refractivity contribution in [1.82, 2.24) is 15.5 Å². The number of nitrogens with one attached hydrogen (secondary N) is 1. The lowest BCUT2D eigenvalue weighted by atomic mass is 10.2. The van der Waals surface area contributed by atoms with Crippen molar-refractivity contribution in [3.05, 3.63) is 69.1 Å². The number of carbonyl (C=O) groups is 1. The maximum atomic E-state index is 12.2. The van der Waals surface area contributed by atoms with Crippen molar-refractivity contribution in [2.24, 2.45) is 0 Å². The van der Waals surface area contributed by atoms with E-state index in [9.17, 15) is 14.9 Å². The standard InChI is InChI=1S/C17H13ClN4O5/c1-26-12-5-2-10(3-6-12)16-20-15(27-21-16)9-19-17(23)13-8-11(22(24)25)4-7-14(13)18/h2-8H,9H2,1H3,(H,19,23). The van der Waals surface area contributed by atoms with Gasteiger partial charge in [-0.1, -0.05) is 16.8 Å². The highest BCUT2D eigenvalue weighted by Gasteiger charge is 2.17. The molecule has 0 saturated carbocycles. The largest absolute Gasteiger partial charge is 0.497 e. The van der Waals surface area contributed by atoms with Gasteiger partial charge in [0, 0.05) is 17.7 Å². The summed E-state index contributed by atoms with van der Waals surface area (Å²) >= 11 is 5.94. The number of hydrogen-bond acceptors (Lipinski definition) is 7. The predicted octanol–water partition coefficient (Wildman–Crippen LogP) is 3.24. The first-order chi connectivity index (χ1) is 13.0. The van der Waals surface area contributed by atoms with Crippen LogP contribution in [0.5, 0.6) is 5.75 Å². The molecule has 0 fully saturated rings. The summed E-state index contributed by atoms with van der Waals surface area (Å²) in [5, 5.41) is 17.3. The van der Waals surface area contributed by atoms with Crippen LogP contribution < -0.4 is 10.1 Å². The smallest absolute Gasteiger partial charge is 0.270 e. The lowest BCUT2D eigenvalue weighted by Crippen LogP contribution is -2.23. The molecule has 0 aliphatic rings. The van der Waals surface area contributed by atoms with Crippen molar-refractivity contribution in [2.75, 3.05) is 7.11 Å². The molecule has 1 heterocycles. The molecule has 138 valence electrons. The monoisotopic (exact) mass is 388 g/mol. The summed E-state index contributed by atoms with van der Waals surface area (Å²) in [5.74, 6) is 0.641. The molecule has 9 nitrogen and oxygen atoms in total. The quantitative estimate of drug-likeness (QED) is 0.508. The van der Waals surface area contributed by atoms with Gasteiger partial charge < -0.3 is 14.6 Å². The Labute approximate surface area is 158 Å². The number of nitro groups is 1. The van der Waals surface area contributed by atoms with Gasteiger partial charge in [-0.15, -0.1) is 0 Å². The summed E-state index contributed by atoms with van der Waals surface area (Å²) in [4.78, 5) is 26.7. The van der Waals surface area contributed by atoms with E-state index in [1.54, 1.807) is 31.4 Å². The second-order valence-corrected chi connectivity index (χ2v) is 5.75. The van der Waals surface area contributed by atoms with Gasteiger partial charge in [-0.05, 0) is 30.3 Å². The first-order valence-electron chi connectivity index (χ1n) is 7.67. The van der Waals surface area contributed by atoms with Crippen LogP contribution in [0.1, 0.15) is 16.2 Å². The Kier molecular flexibility index (Phi) is 5.32. The van der Waals surface area contributed by atoms with Crippen LogP contribution in [0.3, 0.4) is 0 Å². The number of benzene rings is 2. The second-order valence-electron chi connectivity index (χ2n) is 5.34. The van der Waals surface area contributed by atoms with Gasteiger partial charge in [0.05, 0.1) is 29.2 Å². The van der Waals surface area contributed by atoms with E-state index in [-0.39, 0.29) is 28.7 Å². The van der Waals surface area contributed by atoms with E-state index >= 15 is 0 Å². The Hall–Kier alpha value is -3.46. The van der Waals surface area contributed by atoms with Crippen LogP contribution in [0.2, 0.25) is 5.02 Å². The topological polar surface area (TPSA) is 120 Å². The van der Waals surface area contributed by atoms with Crippen molar-refractivity contribution >= 4 is 23.2 Å². The minimum atomic E-state index is -0.605. The number of amides is 1. The number of nitro benzene ring substituents is 1. The molecule has 0 unspecified atom stereocenters. The number of hydrogen-bond donors (Lipinski definition) is 1. The third kappa shape index (κ3) is 4.21. The molecule has 0 aliphatic carbocycles. The maximum Gasteiger partial charge on any atom is 0.270 e. The predicted molar refractivity (Wildman–Crippen MR) is 95.6 cm³/mol. The van der Waals surface area contributed by atoms with Gasteiger partial charge in [-0.2, -0.15) is 4.98 Å². The second kappa shape index (κ2) is 7.83. The molecule has 0 bridgehead atoms. The van der Waals surface area contributed by atoms with Crippen LogP contribution in [-0.2, 0) is 6.54 Å². The molecule has 10 heteroatoms. The summed E-state index contributed by atoms with van der Waals surface area (Å²) in [6.45, 7) is -0.0546. The molecule has 0 saturated heterocycles. The molecule has 1 aromatic heterocycles. The van der Waals surface area contributed by atoms with Crippen LogP contribution >= 0.6 is 11.6 Å². The Morgan fingerprint density at radius 2 is 2.04 bits per heavy atom. The highest BCUT2D eigenvalue weighted by atomic mass is 35.5. The Bertz CT molecular complexity index is 987. The fourth-order valence-electron chi connectivity index (χ4n) is 2.24. The zero-order valence-corrected chi connectivity index (χ0v) is 14.8. The van der Waals surface area contributed by atoms with Crippen molar-refractivity contribution < 1.29 is 19.0 Å². The Balaban J connectivity index is 1.68. The number of rotatable bonds is 6. The normalized spacial score (nSPS) is 10.4. The number of nitrogens with zero attached hydrogens (tertiary/aromatic N) is 3. The minimum Gasteiger partial charge on any atom is -0.497 e. The molecule has 3 rings (SSSR count). The third-order valence-electron chi connectivity index (χ3n) is 3.62. The van der Waals surface area contributed by atoms with Gasteiger partial charge >= 0.3 is 0 Å². The summed E-state index contributed by atoms with van der Waals surface area (Å²) in [6.07, 6.45) is 0. The molecule has 1 amide bonds. The van der Waals surface area contributed by atoms with E-state index in [4.69, 9.17) is 20.9 Å². The molecule has 0 spiro atoms. The van der Waals surface area contributed by atoms with E-state index in [1.165, 1.54) is 12.1 Å². The van der Waals surface area contributed by atoms with Gasteiger partial charge in [0.25, 0.3) is 11.6 Å². The molecular formula is C17H13ClN4O5. The van der Waals surface area contributed by atoms with E-state index in [2.05, 4.69) is 15.5 Å². The van der Waals surface area contributed by atoms with Gasteiger partial charge in [-0.25, -0.2) is 0 Å². The fraction of sp³-hybridized carbons (Fsp3) is 0.118. The van der Waals surface area contributed by atoms with Crippen LogP contribution in [0.25, 0.3) is 11.4 Å². The summed E-state index contributed by atoms with van der Waals surface area (Å²) in [6, 6.07) is 10.7. The van der Waals surface area contributed by atoms with Crippen molar-refractivity contribution in [2.45, 2.75) is 6.54 Å². The van der Waals surface area contributed by atoms with E-state index < -0.39 is 10.8 Å². The fourth-order valence-corrected chi connectivity index (χ4v) is 2.44. The van der Waals surface area contributed by atoms with Crippen LogP contribution in [0.4, 0.5) is 5.69 Å². The average Bonchev–Trinajstić information content (AvgIpc) is 3.15. The lowest BCUT2D eigenvalue weighted by Gasteiger charge is -2.04. The van der Waals surface area contributed by atoms with Crippen molar-refractivity contribution in [3.63, 3.8) is 0 Å². The number of methoxy groups -OCH3 is 1. The average molecular weight is 389 g/mol. The van der Waals surface area contributed by atoms with Crippen LogP contribution in [-0.4, -0.2) is 28.1 Å². The third-order valence-corrected chi connectivity index (χ3v) is 3.95. The number of halogens is 1. The summed E-state index contributed by atoms with van der Waals surface area (Å²) in [5.41, 5.74) is 0.476. The number of carbonyl (C=O) groups excluding carboxylic acids is 1. The molecule has 3 aromatic rings. The summed E-state index contributed by atoms with van der Waals surface area (Å²) in [7, 11) is 1.57. The van der Waals surface area contributed by atoms with Crippen LogP contribution in [0.15, 0.2) is 47.0 Å². The molecule has 27 heavy (non-hydrogen) atoms. The van der Waals surface area contributed by atoms with E-state index in [1.807, 2.05) is 0 Å². The molecule has 0 radical (unpaired) electrons. The zero-order valence-electron chi connectivity index (χ0n) is 14.0. The Morgan fingerprint density at radius 1 is 1.30 bits per heavy atom. The van der Waals surface area contributed by atoms with Gasteiger partial charge in [-0.3, -0.25) is 14.9 Å². The van der Waals surface area contributed by atoms with Crippen molar-refractivity contribution in [3.8, 4) is 17.1 Å². The molecule has 0 aliphatic heterocycles. The first kappa shape index (κ1) is 18.3. The highest BCUT2D eigenvalue weighted by molar-refractivity contribution is 6.33. The Morgan fingerprint density at radius 3 is 2.70 bits per heavy atom. The van der Waals surface area contributed by atoms with E-state index in [0.29, 0.717) is 11.6 Å². The number of ether oxygens (including phenoxy) is 1. The van der Waals surface area contributed by atoms with Crippen LogP contribution in [0, 0.1) is 10.1 Å².